The van der Waals surface area contributed by atoms with Gasteiger partial charge in [0.1, 0.15) is 0 Å². The van der Waals surface area contributed by atoms with Crippen LogP contribution in [0.15, 0.2) is 0 Å². The third-order valence-corrected chi connectivity index (χ3v) is 4.17. The summed E-state index contributed by atoms with van der Waals surface area (Å²) in [7, 11) is 0. The Morgan fingerprint density at radius 3 is 2.69 bits per heavy atom. The van der Waals surface area contributed by atoms with E-state index in [4.69, 9.17) is 0 Å². The molecule has 2 heteroatoms. The van der Waals surface area contributed by atoms with Crippen LogP contribution in [0.1, 0.15) is 53.4 Å². The highest BCUT2D eigenvalue weighted by atomic mass is 15.2. The minimum atomic E-state index is 0.740. The van der Waals surface area contributed by atoms with E-state index in [1.165, 1.54) is 38.8 Å². The van der Waals surface area contributed by atoms with Crippen LogP contribution < -0.4 is 5.32 Å². The molecule has 3 unspecified atom stereocenters. The van der Waals surface area contributed by atoms with Gasteiger partial charge in [0.25, 0.3) is 0 Å². The van der Waals surface area contributed by atoms with Gasteiger partial charge < -0.3 is 5.32 Å². The SMILES string of the molecule is CCCNCC(CC)N1CCCC(C)C1C. The Labute approximate surface area is 102 Å². The van der Waals surface area contributed by atoms with Crippen LogP contribution in [0.25, 0.3) is 0 Å². The summed E-state index contributed by atoms with van der Waals surface area (Å²) >= 11 is 0. The molecule has 96 valence electrons. The molecule has 1 heterocycles. The smallest absolute Gasteiger partial charge is 0.0220 e. The first-order chi connectivity index (χ1) is 7.70. The predicted octanol–water partition coefficient (Wildman–Crippen LogP) is 2.89. The number of hydrogen-bond donors (Lipinski definition) is 1. The first kappa shape index (κ1) is 14.0. The van der Waals surface area contributed by atoms with Crippen molar-refractivity contribution in [1.82, 2.24) is 10.2 Å². The Balaban J connectivity index is 2.43. The molecule has 0 aromatic rings. The molecule has 1 aliphatic rings. The van der Waals surface area contributed by atoms with E-state index in [1.54, 1.807) is 0 Å². The molecule has 0 saturated carbocycles. The van der Waals surface area contributed by atoms with E-state index >= 15 is 0 Å². The van der Waals surface area contributed by atoms with E-state index in [2.05, 4.69) is 37.9 Å². The van der Waals surface area contributed by atoms with Crippen molar-refractivity contribution in [2.24, 2.45) is 5.92 Å². The number of nitrogens with one attached hydrogen (secondary N) is 1. The van der Waals surface area contributed by atoms with Gasteiger partial charge in [0.15, 0.2) is 0 Å². The standard InChI is InChI=1S/C14H30N2/c1-5-9-15-11-14(6-2)16-10-7-8-12(3)13(16)4/h12-15H,5-11H2,1-4H3. The Morgan fingerprint density at radius 1 is 1.31 bits per heavy atom. The van der Waals surface area contributed by atoms with Gasteiger partial charge in [-0.2, -0.15) is 0 Å². The lowest BCUT2D eigenvalue weighted by Gasteiger charge is -2.43. The molecule has 0 aliphatic carbocycles. The molecule has 0 spiro atoms. The van der Waals surface area contributed by atoms with Gasteiger partial charge in [-0.3, -0.25) is 4.90 Å². The van der Waals surface area contributed by atoms with Crippen molar-refractivity contribution < 1.29 is 0 Å². The molecule has 3 atom stereocenters. The first-order valence-corrected chi connectivity index (χ1v) is 7.17. The average Bonchev–Trinajstić information content (AvgIpc) is 2.29. The molecule has 0 aromatic heterocycles. The van der Waals surface area contributed by atoms with Crippen LogP contribution in [0.4, 0.5) is 0 Å². The molecule has 0 aromatic carbocycles. The lowest BCUT2D eigenvalue weighted by molar-refractivity contribution is 0.0658. The summed E-state index contributed by atoms with van der Waals surface area (Å²) < 4.78 is 0. The Bertz CT molecular complexity index is 182. The van der Waals surface area contributed by atoms with Gasteiger partial charge in [0.2, 0.25) is 0 Å². The largest absolute Gasteiger partial charge is 0.315 e. The van der Waals surface area contributed by atoms with Crippen LogP contribution in [0.2, 0.25) is 0 Å². The van der Waals surface area contributed by atoms with Crippen molar-refractivity contribution in [3.05, 3.63) is 0 Å². The molecule has 1 rings (SSSR count). The zero-order valence-electron chi connectivity index (χ0n) is 11.6. The summed E-state index contributed by atoms with van der Waals surface area (Å²) in [5.41, 5.74) is 0. The fourth-order valence-electron chi connectivity index (χ4n) is 2.82. The van der Waals surface area contributed by atoms with Gasteiger partial charge in [-0.15, -0.1) is 0 Å². The highest BCUT2D eigenvalue weighted by Gasteiger charge is 2.28. The highest BCUT2D eigenvalue weighted by molar-refractivity contribution is 4.84. The maximum atomic E-state index is 3.58. The quantitative estimate of drug-likeness (QED) is 0.701. The summed E-state index contributed by atoms with van der Waals surface area (Å²) in [6, 6.07) is 1.51. The van der Waals surface area contributed by atoms with Crippen LogP contribution in [0, 0.1) is 5.92 Å². The molecule has 1 aliphatic heterocycles. The monoisotopic (exact) mass is 226 g/mol. The van der Waals surface area contributed by atoms with Gasteiger partial charge in [0, 0.05) is 18.6 Å². The van der Waals surface area contributed by atoms with Crippen LogP contribution >= 0.6 is 0 Å². The molecular weight excluding hydrogens is 196 g/mol. The van der Waals surface area contributed by atoms with Gasteiger partial charge in [-0.1, -0.05) is 20.8 Å². The van der Waals surface area contributed by atoms with Gasteiger partial charge in [-0.05, 0) is 51.6 Å². The Morgan fingerprint density at radius 2 is 2.06 bits per heavy atom. The van der Waals surface area contributed by atoms with Crippen molar-refractivity contribution >= 4 is 0 Å². The molecular formula is C14H30N2. The normalized spacial score (nSPS) is 29.2. The van der Waals surface area contributed by atoms with Crippen LogP contribution in [0.5, 0.6) is 0 Å². The Kier molecular flexibility index (Phi) is 6.37. The number of likely N-dealkylation sites (tertiary alicyclic amines) is 1. The zero-order chi connectivity index (χ0) is 12.0. The van der Waals surface area contributed by atoms with E-state index in [0.29, 0.717) is 0 Å². The number of hydrogen-bond acceptors (Lipinski definition) is 2. The molecule has 1 fully saturated rings. The minimum absolute atomic E-state index is 0.740. The number of rotatable bonds is 6. The van der Waals surface area contributed by atoms with Crippen LogP contribution in [-0.4, -0.2) is 36.6 Å². The molecule has 1 saturated heterocycles. The highest BCUT2D eigenvalue weighted by Crippen LogP contribution is 2.25. The fraction of sp³-hybridized carbons (Fsp3) is 1.00. The lowest BCUT2D eigenvalue weighted by Crippen LogP contribution is -2.51. The number of nitrogens with zero attached hydrogens (tertiary/aromatic N) is 1. The molecule has 0 radical (unpaired) electrons. The Hall–Kier alpha value is -0.0800. The molecule has 0 bridgehead atoms. The molecule has 2 nitrogen and oxygen atoms in total. The van der Waals surface area contributed by atoms with Crippen molar-refractivity contribution in [1.29, 1.82) is 0 Å². The topological polar surface area (TPSA) is 15.3 Å². The van der Waals surface area contributed by atoms with Crippen LogP contribution in [0.3, 0.4) is 0 Å². The molecule has 16 heavy (non-hydrogen) atoms. The fourth-order valence-corrected chi connectivity index (χ4v) is 2.82. The van der Waals surface area contributed by atoms with E-state index in [0.717, 1.165) is 24.5 Å². The van der Waals surface area contributed by atoms with Gasteiger partial charge in [-0.25, -0.2) is 0 Å². The van der Waals surface area contributed by atoms with E-state index in [1.807, 2.05) is 0 Å². The summed E-state index contributed by atoms with van der Waals surface area (Å²) in [5.74, 6) is 0.869. The van der Waals surface area contributed by atoms with Crippen molar-refractivity contribution in [3.8, 4) is 0 Å². The maximum absolute atomic E-state index is 3.58. The first-order valence-electron chi connectivity index (χ1n) is 7.17. The summed E-state index contributed by atoms with van der Waals surface area (Å²) in [6.45, 7) is 13.0. The molecule has 1 N–H and O–H groups in total. The zero-order valence-corrected chi connectivity index (χ0v) is 11.6. The second-order valence-corrected chi connectivity index (χ2v) is 5.36. The maximum Gasteiger partial charge on any atom is 0.0220 e. The van der Waals surface area contributed by atoms with E-state index in [-0.39, 0.29) is 0 Å². The second kappa shape index (κ2) is 7.29. The van der Waals surface area contributed by atoms with Gasteiger partial charge in [0.05, 0.1) is 0 Å². The third kappa shape index (κ3) is 3.74. The lowest BCUT2D eigenvalue weighted by atomic mass is 9.90. The van der Waals surface area contributed by atoms with Crippen molar-refractivity contribution in [3.63, 3.8) is 0 Å². The number of piperidine rings is 1. The second-order valence-electron chi connectivity index (χ2n) is 5.36. The third-order valence-electron chi connectivity index (χ3n) is 4.17. The minimum Gasteiger partial charge on any atom is -0.315 e. The van der Waals surface area contributed by atoms with E-state index < -0.39 is 0 Å². The predicted molar refractivity (Wildman–Crippen MR) is 71.8 cm³/mol. The summed E-state index contributed by atoms with van der Waals surface area (Å²) in [4.78, 5) is 2.73. The summed E-state index contributed by atoms with van der Waals surface area (Å²) in [6.07, 6.45) is 5.31. The van der Waals surface area contributed by atoms with Gasteiger partial charge >= 0.3 is 0 Å². The summed E-state index contributed by atoms with van der Waals surface area (Å²) in [5, 5.41) is 3.58. The molecule has 0 amide bonds. The van der Waals surface area contributed by atoms with Crippen LogP contribution in [-0.2, 0) is 0 Å². The van der Waals surface area contributed by atoms with Crippen molar-refractivity contribution in [2.75, 3.05) is 19.6 Å². The van der Waals surface area contributed by atoms with E-state index in [9.17, 15) is 0 Å². The van der Waals surface area contributed by atoms with Crippen molar-refractivity contribution in [2.45, 2.75) is 65.5 Å². The average molecular weight is 226 g/mol.